The van der Waals surface area contributed by atoms with Crippen LogP contribution in [0.4, 0.5) is 0 Å². The van der Waals surface area contributed by atoms with Crippen LogP contribution in [0.25, 0.3) is 0 Å². The van der Waals surface area contributed by atoms with Crippen molar-refractivity contribution < 1.29 is 0 Å². The van der Waals surface area contributed by atoms with Gasteiger partial charge in [0.15, 0.2) is 0 Å². The molecule has 0 radical (unpaired) electrons. The third kappa shape index (κ3) is 2.36. The first kappa shape index (κ1) is 4.36. The molecule has 0 amide bonds. The zero-order valence-electron chi connectivity index (χ0n) is 2.60. The Morgan fingerprint density at radius 1 is 2.00 bits per heavy atom. The molecule has 0 aliphatic heterocycles. The van der Waals surface area contributed by atoms with E-state index in [1.165, 1.54) is 0 Å². The van der Waals surface area contributed by atoms with Crippen molar-refractivity contribution in [2.24, 2.45) is 4.81 Å². The van der Waals surface area contributed by atoms with Crippen LogP contribution >= 0.6 is 9.12 Å². The standard InChI is InChI=1S/B2H4NP/c1-3-2-4/h1,4H2. The van der Waals surface area contributed by atoms with Gasteiger partial charge in [-0.3, -0.25) is 0 Å². The number of nitrogens with zero attached hydrogens (tertiary/aromatic N) is 1. The third-order valence-corrected chi connectivity index (χ3v) is 0.447. The molecule has 0 spiro atoms. The summed E-state index contributed by atoms with van der Waals surface area (Å²) in [6, 6.07) is 0. The van der Waals surface area contributed by atoms with Gasteiger partial charge < -0.3 is 0 Å². The SMILES string of the molecule is B/N=B/P. The second kappa shape index (κ2) is 3.36. The molecule has 20 valence electrons. The van der Waals surface area contributed by atoms with Gasteiger partial charge in [0.25, 0.3) is 0 Å². The summed E-state index contributed by atoms with van der Waals surface area (Å²) >= 11 is 0. The summed E-state index contributed by atoms with van der Waals surface area (Å²) in [6.07, 6.45) is 0. The molecular formula is H4B2NP. The predicted octanol–water partition coefficient (Wildman–Crippen LogP) is -0.788. The molecule has 0 heterocycles. The molecular weight excluding hydrogens is 66.6 g/mol. The average Bonchev–Trinajstić information content (AvgIpc) is 1.37. The van der Waals surface area contributed by atoms with E-state index in [1.54, 1.807) is 14.8 Å². The van der Waals surface area contributed by atoms with Gasteiger partial charge in [-0.2, -0.15) is 0 Å². The molecule has 0 aliphatic carbocycles. The molecule has 0 saturated carbocycles. The Morgan fingerprint density at radius 2 is 2.25 bits per heavy atom. The van der Waals surface area contributed by atoms with Crippen LogP contribution < -0.4 is 0 Å². The fourth-order valence-electron chi connectivity index (χ4n) is 0. The average molecular weight is 70.6 g/mol. The maximum absolute atomic E-state index is 3.57. The number of hydrogen-bond donors (Lipinski definition) is 0. The third-order valence-electron chi connectivity index (χ3n) is 0.149. The van der Waals surface area contributed by atoms with Gasteiger partial charge in [-0.15, -0.1) is 0 Å². The van der Waals surface area contributed by atoms with Gasteiger partial charge >= 0.3 is 28.7 Å². The van der Waals surface area contributed by atoms with E-state index in [0.717, 1.165) is 0 Å². The second-order valence-electron chi connectivity index (χ2n) is 0.407. The van der Waals surface area contributed by atoms with Gasteiger partial charge in [-0.25, -0.2) is 0 Å². The molecule has 0 aromatic carbocycles. The van der Waals surface area contributed by atoms with Crippen LogP contribution in [-0.4, -0.2) is 14.8 Å². The Balaban J connectivity index is 2.55. The second-order valence-corrected chi connectivity index (χ2v) is 0.705. The zero-order valence-corrected chi connectivity index (χ0v) is 3.76. The van der Waals surface area contributed by atoms with Gasteiger partial charge in [0.2, 0.25) is 0 Å². The van der Waals surface area contributed by atoms with E-state index in [2.05, 4.69) is 13.9 Å². The molecule has 1 atom stereocenters. The predicted molar refractivity (Wildman–Crippen MR) is 26.4 cm³/mol. The molecule has 0 rings (SSSR count). The van der Waals surface area contributed by atoms with Gasteiger partial charge in [0, 0.05) is 0 Å². The fraction of sp³-hybridized carbons (Fsp3) is 0. The first-order valence-corrected chi connectivity index (χ1v) is 1.71. The van der Waals surface area contributed by atoms with Gasteiger partial charge in [0.05, 0.1) is 0 Å². The number of hydrogen-bond acceptors (Lipinski definition) is 1. The van der Waals surface area contributed by atoms with E-state index in [4.69, 9.17) is 0 Å². The van der Waals surface area contributed by atoms with Gasteiger partial charge in [0.1, 0.15) is 0 Å². The van der Waals surface area contributed by atoms with E-state index < -0.39 is 0 Å². The maximum atomic E-state index is 3.57. The summed E-state index contributed by atoms with van der Waals surface area (Å²) < 4.78 is 0. The molecule has 0 aromatic heterocycles. The Morgan fingerprint density at radius 3 is 2.25 bits per heavy atom. The molecule has 1 nitrogen and oxygen atoms in total. The van der Waals surface area contributed by atoms with Crippen molar-refractivity contribution in [2.45, 2.75) is 0 Å². The Kier molecular flexibility index (Phi) is 3.66. The van der Waals surface area contributed by atoms with Gasteiger partial charge in [-0.1, -0.05) is 0 Å². The van der Waals surface area contributed by atoms with Crippen LogP contribution in [0.15, 0.2) is 4.81 Å². The minimum atomic E-state index is 1.67. The van der Waals surface area contributed by atoms with Crippen molar-refractivity contribution in [3.63, 3.8) is 0 Å². The molecule has 0 saturated heterocycles. The van der Waals surface area contributed by atoms with Crippen LogP contribution in [0.2, 0.25) is 0 Å². The summed E-state index contributed by atoms with van der Waals surface area (Å²) in [5, 5.41) is 0. The van der Waals surface area contributed by atoms with Crippen LogP contribution in [-0.2, 0) is 0 Å². The van der Waals surface area contributed by atoms with E-state index in [0.29, 0.717) is 0 Å². The molecule has 0 bridgehead atoms. The summed E-state index contributed by atoms with van der Waals surface area (Å²) in [5.41, 5.74) is 0. The van der Waals surface area contributed by atoms with Crippen molar-refractivity contribution in [1.29, 1.82) is 0 Å². The van der Waals surface area contributed by atoms with Gasteiger partial charge in [-0.05, 0) is 0 Å². The summed E-state index contributed by atoms with van der Waals surface area (Å²) in [7, 11) is 4.09. The first-order valence-electron chi connectivity index (χ1n) is 1.04. The fourth-order valence-corrected chi connectivity index (χ4v) is 0. The molecule has 0 fully saturated rings. The first-order chi connectivity index (χ1) is 1.91. The molecule has 4 heavy (non-hydrogen) atoms. The normalized spacial score (nSPS) is 7.25. The summed E-state index contributed by atoms with van der Waals surface area (Å²) in [6.45, 7) is 1.67. The van der Waals surface area contributed by atoms with Crippen molar-refractivity contribution in [3.05, 3.63) is 0 Å². The van der Waals surface area contributed by atoms with Crippen LogP contribution in [0.3, 0.4) is 0 Å². The Hall–Kier alpha value is 0.360. The van der Waals surface area contributed by atoms with E-state index in [9.17, 15) is 0 Å². The van der Waals surface area contributed by atoms with E-state index in [-0.39, 0.29) is 0 Å². The Labute approximate surface area is 29.7 Å². The van der Waals surface area contributed by atoms with Crippen molar-refractivity contribution in [1.82, 2.24) is 0 Å². The molecule has 0 N–H and O–H groups in total. The van der Waals surface area contributed by atoms with E-state index >= 15 is 0 Å². The monoisotopic (exact) mass is 71.0 g/mol. The molecule has 0 aromatic rings. The van der Waals surface area contributed by atoms with Crippen LogP contribution in [0.5, 0.6) is 0 Å². The quantitative estimate of drug-likeness (QED) is 0.262. The molecule has 1 unspecified atom stereocenters. The zero-order chi connectivity index (χ0) is 3.41. The number of rotatable bonds is 0. The minimum absolute atomic E-state index is 1.67. The molecule has 0 aliphatic rings. The van der Waals surface area contributed by atoms with Crippen molar-refractivity contribution in [3.8, 4) is 0 Å². The van der Waals surface area contributed by atoms with Crippen LogP contribution in [0.1, 0.15) is 0 Å². The van der Waals surface area contributed by atoms with Crippen molar-refractivity contribution in [2.75, 3.05) is 0 Å². The summed E-state index contributed by atoms with van der Waals surface area (Å²) in [5.74, 6) is 0. The van der Waals surface area contributed by atoms with Crippen molar-refractivity contribution >= 4 is 23.9 Å². The van der Waals surface area contributed by atoms with Crippen LogP contribution in [0, 0.1) is 0 Å². The topological polar surface area (TPSA) is 12.4 Å². The summed E-state index contributed by atoms with van der Waals surface area (Å²) in [4.78, 5) is 3.57. The van der Waals surface area contributed by atoms with E-state index in [1.807, 2.05) is 0 Å². The molecule has 4 heteroatoms. The Bertz CT molecular complexity index is 21.2.